The number of anilines is 3. The van der Waals surface area contributed by atoms with Gasteiger partial charge in [0.1, 0.15) is 6.33 Å². The third-order valence-electron chi connectivity index (χ3n) is 7.19. The van der Waals surface area contributed by atoms with Crippen molar-refractivity contribution in [2.45, 2.75) is 55.9 Å². The number of aromatic nitrogens is 3. The maximum Gasteiger partial charge on any atom is 0.224 e. The predicted octanol–water partition coefficient (Wildman–Crippen LogP) is 4.97. The van der Waals surface area contributed by atoms with Crippen molar-refractivity contribution in [2.75, 3.05) is 22.1 Å². The number of rotatable bonds is 12. The Balaban J connectivity index is 1.16. The summed E-state index contributed by atoms with van der Waals surface area (Å²) in [6.45, 7) is -0.0173. The van der Waals surface area contributed by atoms with Crippen LogP contribution >= 0.6 is 11.8 Å². The zero-order valence-electron chi connectivity index (χ0n) is 24.4. The summed E-state index contributed by atoms with van der Waals surface area (Å²) in [7, 11) is 1.90. The number of aliphatic hydroxyl groups excluding tert-OH is 1. The Kier molecular flexibility index (Phi) is 10.6. The normalized spacial score (nSPS) is 18.1. The van der Waals surface area contributed by atoms with Crippen LogP contribution < -0.4 is 16.4 Å². The van der Waals surface area contributed by atoms with Crippen LogP contribution in [0.15, 0.2) is 84.3 Å². The van der Waals surface area contributed by atoms with E-state index in [-0.39, 0.29) is 43.5 Å². The first-order valence-corrected chi connectivity index (χ1v) is 15.4. The van der Waals surface area contributed by atoms with Gasteiger partial charge in [-0.05, 0) is 41.8 Å². The van der Waals surface area contributed by atoms with Crippen LogP contribution in [0.2, 0.25) is 0 Å². The van der Waals surface area contributed by atoms with Crippen LogP contribution in [0.3, 0.4) is 0 Å². The first-order chi connectivity index (χ1) is 21.4. The van der Waals surface area contributed by atoms with Crippen molar-refractivity contribution in [1.29, 1.82) is 0 Å². The molecule has 12 heteroatoms. The summed E-state index contributed by atoms with van der Waals surface area (Å²) in [5, 5.41) is 24.0. The van der Waals surface area contributed by atoms with Gasteiger partial charge in [-0.1, -0.05) is 60.3 Å². The fourth-order valence-electron chi connectivity index (χ4n) is 4.77. The van der Waals surface area contributed by atoms with Crippen LogP contribution in [0.5, 0.6) is 0 Å². The highest BCUT2D eigenvalue weighted by molar-refractivity contribution is 7.99. The van der Waals surface area contributed by atoms with Crippen LogP contribution in [-0.2, 0) is 32.7 Å². The second-order valence-corrected chi connectivity index (χ2v) is 11.5. The molecule has 1 saturated heterocycles. The molecule has 0 bridgehead atoms. The van der Waals surface area contributed by atoms with Gasteiger partial charge in [0.15, 0.2) is 11.4 Å². The fraction of sp³-hybridized carbons (Fsp3) is 0.312. The number of para-hydroxylation sites is 2. The van der Waals surface area contributed by atoms with Crippen molar-refractivity contribution >= 4 is 40.6 Å². The quantitative estimate of drug-likeness (QED) is 0.128. The lowest BCUT2D eigenvalue weighted by molar-refractivity contribution is -0.245. The number of carbonyl (C=O) groups is 2. The first kappa shape index (κ1) is 31.2. The van der Waals surface area contributed by atoms with Gasteiger partial charge in [0, 0.05) is 43.3 Å². The second kappa shape index (κ2) is 15.0. The SMILES string of the molecule is Cn1cnnc1SCC1CC(c2ccc(CO)cc2)OC(c2ccc(NC(=O)CCCC(=O)Nc3ccccc3N)cc2)O1. The monoisotopic (exact) mass is 616 g/mol. The number of nitrogen functional groups attached to an aromatic ring is 1. The number of amides is 2. The lowest BCUT2D eigenvalue weighted by Crippen LogP contribution is -2.31. The minimum Gasteiger partial charge on any atom is -0.397 e. The van der Waals surface area contributed by atoms with E-state index >= 15 is 0 Å². The molecule has 1 fully saturated rings. The molecule has 3 aromatic carbocycles. The van der Waals surface area contributed by atoms with Gasteiger partial charge in [-0.2, -0.15) is 0 Å². The van der Waals surface area contributed by atoms with Gasteiger partial charge in [0.25, 0.3) is 0 Å². The molecule has 0 radical (unpaired) electrons. The Morgan fingerprint density at radius 1 is 0.977 bits per heavy atom. The molecule has 44 heavy (non-hydrogen) atoms. The number of ether oxygens (including phenoxy) is 2. The average Bonchev–Trinajstić information content (AvgIpc) is 3.45. The number of hydrogen-bond acceptors (Lipinski definition) is 9. The highest BCUT2D eigenvalue weighted by Crippen LogP contribution is 2.39. The van der Waals surface area contributed by atoms with Crippen LogP contribution in [0.25, 0.3) is 0 Å². The van der Waals surface area contributed by atoms with Crippen LogP contribution in [0.1, 0.15) is 54.8 Å². The summed E-state index contributed by atoms with van der Waals surface area (Å²) in [6, 6.07) is 22.2. The minimum absolute atomic E-state index is 0.0173. The second-order valence-electron chi connectivity index (χ2n) is 10.5. The van der Waals surface area contributed by atoms with Crippen molar-refractivity contribution < 1.29 is 24.2 Å². The number of hydrogen-bond donors (Lipinski definition) is 4. The lowest BCUT2D eigenvalue weighted by Gasteiger charge is -2.36. The molecule has 1 aliphatic heterocycles. The first-order valence-electron chi connectivity index (χ1n) is 14.4. The van der Waals surface area contributed by atoms with E-state index in [9.17, 15) is 14.7 Å². The van der Waals surface area contributed by atoms with Gasteiger partial charge in [-0.25, -0.2) is 0 Å². The third-order valence-corrected chi connectivity index (χ3v) is 8.36. The summed E-state index contributed by atoms with van der Waals surface area (Å²) in [4.78, 5) is 24.8. The number of aliphatic hydroxyl groups is 1. The molecule has 2 amide bonds. The number of thioether (sulfide) groups is 1. The molecular formula is C32H36N6O5S. The zero-order valence-corrected chi connectivity index (χ0v) is 25.2. The van der Waals surface area contributed by atoms with Crippen LogP contribution in [0.4, 0.5) is 17.1 Å². The molecule has 2 heterocycles. The average molecular weight is 617 g/mol. The van der Waals surface area contributed by atoms with Crippen LogP contribution in [-0.4, -0.2) is 43.5 Å². The zero-order chi connectivity index (χ0) is 30.9. The van der Waals surface area contributed by atoms with Crippen molar-refractivity contribution in [3.63, 3.8) is 0 Å². The van der Waals surface area contributed by atoms with E-state index in [1.165, 1.54) is 0 Å². The molecule has 230 valence electrons. The molecule has 1 aromatic heterocycles. The number of nitrogens with one attached hydrogen (secondary N) is 2. The Labute approximate surface area is 260 Å². The smallest absolute Gasteiger partial charge is 0.224 e. The summed E-state index contributed by atoms with van der Waals surface area (Å²) < 4.78 is 14.7. The van der Waals surface area contributed by atoms with Gasteiger partial charge < -0.3 is 35.5 Å². The van der Waals surface area contributed by atoms with E-state index in [1.807, 2.05) is 60.1 Å². The number of carbonyl (C=O) groups excluding carboxylic acids is 2. The molecule has 3 unspecified atom stereocenters. The Morgan fingerprint density at radius 3 is 2.36 bits per heavy atom. The molecule has 0 saturated carbocycles. The third kappa shape index (κ3) is 8.44. The number of nitrogens with two attached hydrogens (primary N) is 1. The van der Waals surface area contributed by atoms with E-state index in [1.54, 1.807) is 42.4 Å². The van der Waals surface area contributed by atoms with E-state index < -0.39 is 6.29 Å². The molecule has 1 aliphatic rings. The summed E-state index contributed by atoms with van der Waals surface area (Å²) in [5.41, 5.74) is 10.2. The minimum atomic E-state index is -0.613. The standard InChI is InChI=1S/C32H36N6O5S/c1-38-20-34-37-32(38)44-19-25-17-28(22-11-9-21(18-39)10-12-22)43-31(42-25)23-13-15-24(16-14-23)35-29(40)7-4-8-30(41)36-27-6-3-2-5-26(27)33/h2-3,5-6,9-16,20,25,28,31,39H,4,7-8,17-19,33H2,1H3,(H,35,40)(H,36,41). The highest BCUT2D eigenvalue weighted by Gasteiger charge is 2.32. The molecular weight excluding hydrogens is 580 g/mol. The topological polar surface area (TPSA) is 154 Å². The molecule has 4 aromatic rings. The maximum absolute atomic E-state index is 12.5. The molecule has 5 N–H and O–H groups in total. The number of nitrogens with zero attached hydrogens (tertiary/aromatic N) is 3. The molecule has 0 aliphatic carbocycles. The predicted molar refractivity (Wildman–Crippen MR) is 169 cm³/mol. The van der Waals surface area contributed by atoms with E-state index in [0.29, 0.717) is 35.7 Å². The van der Waals surface area contributed by atoms with Gasteiger partial charge in [-0.15, -0.1) is 10.2 Å². The lowest BCUT2D eigenvalue weighted by atomic mass is 10.0. The summed E-state index contributed by atoms with van der Waals surface area (Å²) in [6.07, 6.45) is 2.20. The molecule has 0 spiro atoms. The van der Waals surface area contributed by atoms with Crippen LogP contribution in [0, 0.1) is 0 Å². The van der Waals surface area contributed by atoms with Gasteiger partial charge >= 0.3 is 0 Å². The van der Waals surface area contributed by atoms with Crippen molar-refractivity contribution in [3.05, 3.63) is 95.8 Å². The summed E-state index contributed by atoms with van der Waals surface area (Å²) in [5.74, 6) is 0.299. The largest absolute Gasteiger partial charge is 0.397 e. The Bertz CT molecular complexity index is 1550. The van der Waals surface area contributed by atoms with Crippen molar-refractivity contribution in [1.82, 2.24) is 14.8 Å². The van der Waals surface area contributed by atoms with Gasteiger partial charge in [0.2, 0.25) is 11.8 Å². The van der Waals surface area contributed by atoms with E-state index in [0.717, 1.165) is 21.8 Å². The Hall–Kier alpha value is -4.23. The maximum atomic E-state index is 12.5. The number of aryl methyl sites for hydroxylation is 1. The van der Waals surface area contributed by atoms with Crippen molar-refractivity contribution in [3.8, 4) is 0 Å². The van der Waals surface area contributed by atoms with Gasteiger partial charge in [-0.3, -0.25) is 9.59 Å². The molecule has 5 rings (SSSR count). The molecule has 3 atom stereocenters. The van der Waals surface area contributed by atoms with E-state index in [2.05, 4.69) is 20.8 Å². The molecule has 11 nitrogen and oxygen atoms in total. The van der Waals surface area contributed by atoms with Crippen molar-refractivity contribution in [2.24, 2.45) is 7.05 Å². The summed E-state index contributed by atoms with van der Waals surface area (Å²) >= 11 is 1.58. The van der Waals surface area contributed by atoms with E-state index in [4.69, 9.17) is 15.2 Å². The highest BCUT2D eigenvalue weighted by atomic mass is 32.2. The van der Waals surface area contributed by atoms with Gasteiger partial charge in [0.05, 0.1) is 30.2 Å². The Morgan fingerprint density at radius 2 is 1.68 bits per heavy atom. The fourth-order valence-corrected chi connectivity index (χ4v) is 5.68. The number of benzene rings is 3.